The fourth-order valence-electron chi connectivity index (χ4n) is 2.77. The van der Waals surface area contributed by atoms with E-state index in [0.717, 1.165) is 18.6 Å². The smallest absolute Gasteiger partial charge is 0.252 e. The lowest BCUT2D eigenvalue weighted by atomic mass is 10.0. The third-order valence-electron chi connectivity index (χ3n) is 4.08. The van der Waals surface area contributed by atoms with Gasteiger partial charge in [-0.25, -0.2) is 8.42 Å². The monoisotopic (exact) mass is 351 g/mol. The largest absolute Gasteiger partial charge is 0.493 e. The van der Waals surface area contributed by atoms with Crippen LogP contribution in [0.15, 0.2) is 46.0 Å². The molecule has 1 aromatic heterocycles. The first-order valence-corrected chi connectivity index (χ1v) is 10.1. The summed E-state index contributed by atoms with van der Waals surface area (Å²) in [5.74, 6) is 1.08. The van der Waals surface area contributed by atoms with Gasteiger partial charge in [-0.1, -0.05) is 23.8 Å². The molecule has 23 heavy (non-hydrogen) atoms. The fourth-order valence-corrected chi connectivity index (χ4v) is 5.47. The summed E-state index contributed by atoms with van der Waals surface area (Å²) in [6, 6.07) is 11.4. The molecule has 1 aliphatic heterocycles. The van der Waals surface area contributed by atoms with Gasteiger partial charge in [-0.05, 0) is 43.3 Å². The zero-order valence-electron chi connectivity index (χ0n) is 13.1. The highest BCUT2D eigenvalue weighted by Gasteiger charge is 2.31. The van der Waals surface area contributed by atoms with Crippen LogP contribution in [0.4, 0.5) is 0 Å². The minimum Gasteiger partial charge on any atom is -0.493 e. The Morgan fingerprint density at radius 3 is 2.74 bits per heavy atom. The first kappa shape index (κ1) is 16.5. The van der Waals surface area contributed by atoms with E-state index < -0.39 is 10.0 Å². The number of ether oxygens (including phenoxy) is 1. The van der Waals surface area contributed by atoms with Crippen LogP contribution in [0.3, 0.4) is 0 Å². The Morgan fingerprint density at radius 1 is 1.26 bits per heavy atom. The maximum absolute atomic E-state index is 12.6. The lowest BCUT2D eigenvalue weighted by molar-refractivity contribution is 0.180. The summed E-state index contributed by atoms with van der Waals surface area (Å²) < 4.78 is 33.1. The molecule has 1 fully saturated rings. The van der Waals surface area contributed by atoms with Crippen LogP contribution in [0.1, 0.15) is 18.4 Å². The van der Waals surface area contributed by atoms with Gasteiger partial charge in [0.15, 0.2) is 0 Å². The normalized spacial score (nSPS) is 19.6. The van der Waals surface area contributed by atoms with Crippen LogP contribution in [0.5, 0.6) is 5.75 Å². The van der Waals surface area contributed by atoms with E-state index in [2.05, 4.69) is 0 Å². The molecule has 1 aliphatic rings. The third-order valence-corrected chi connectivity index (χ3v) is 7.32. The Labute approximate surface area is 141 Å². The zero-order chi connectivity index (χ0) is 16.3. The number of sulfonamides is 1. The van der Waals surface area contributed by atoms with Crippen molar-refractivity contribution < 1.29 is 13.2 Å². The van der Waals surface area contributed by atoms with Gasteiger partial charge < -0.3 is 4.74 Å². The summed E-state index contributed by atoms with van der Waals surface area (Å²) in [6.07, 6.45) is 1.88. The molecule has 0 amide bonds. The molecule has 1 atom stereocenters. The summed E-state index contributed by atoms with van der Waals surface area (Å²) in [5.41, 5.74) is 1.20. The lowest BCUT2D eigenvalue weighted by Gasteiger charge is -2.31. The predicted molar refractivity (Wildman–Crippen MR) is 92.5 cm³/mol. The maximum Gasteiger partial charge on any atom is 0.252 e. The average molecular weight is 351 g/mol. The van der Waals surface area contributed by atoms with Gasteiger partial charge in [0.1, 0.15) is 9.96 Å². The van der Waals surface area contributed by atoms with Gasteiger partial charge in [-0.3, -0.25) is 0 Å². The van der Waals surface area contributed by atoms with Crippen molar-refractivity contribution in [1.29, 1.82) is 0 Å². The molecule has 1 saturated heterocycles. The van der Waals surface area contributed by atoms with E-state index in [1.807, 2.05) is 31.2 Å². The second-order valence-corrected chi connectivity index (χ2v) is 9.04. The number of thiophene rings is 1. The van der Waals surface area contributed by atoms with Crippen molar-refractivity contribution in [2.24, 2.45) is 5.92 Å². The zero-order valence-corrected chi connectivity index (χ0v) is 14.8. The molecule has 3 rings (SSSR count). The second-order valence-electron chi connectivity index (χ2n) is 5.93. The van der Waals surface area contributed by atoms with Crippen molar-refractivity contribution >= 4 is 21.4 Å². The quantitative estimate of drug-likeness (QED) is 0.828. The fraction of sp³-hybridized carbons (Fsp3) is 0.412. The molecule has 2 aromatic rings. The number of benzene rings is 1. The molecular formula is C17H21NO3S2. The molecule has 0 N–H and O–H groups in total. The van der Waals surface area contributed by atoms with Gasteiger partial charge in [0.25, 0.3) is 10.0 Å². The standard InChI is InChI=1S/C17H21NO3S2/c1-14-6-8-16(9-7-14)21-13-15-4-2-10-18(12-15)23(19,20)17-5-3-11-22-17/h3,5-9,11,15H,2,4,10,12-13H2,1H3. The Bertz CT molecular complexity index is 724. The van der Waals surface area contributed by atoms with E-state index in [4.69, 9.17) is 4.74 Å². The van der Waals surface area contributed by atoms with Crippen molar-refractivity contribution in [3.8, 4) is 5.75 Å². The minimum atomic E-state index is -3.34. The summed E-state index contributed by atoms with van der Waals surface area (Å²) in [4.78, 5) is 0. The van der Waals surface area contributed by atoms with Crippen molar-refractivity contribution in [3.63, 3.8) is 0 Å². The number of aryl methyl sites for hydroxylation is 1. The Balaban J connectivity index is 1.61. The summed E-state index contributed by atoms with van der Waals surface area (Å²) >= 11 is 1.28. The molecule has 1 aromatic carbocycles. The molecule has 6 heteroatoms. The molecule has 4 nitrogen and oxygen atoms in total. The van der Waals surface area contributed by atoms with Gasteiger partial charge >= 0.3 is 0 Å². The van der Waals surface area contributed by atoms with Crippen molar-refractivity contribution in [1.82, 2.24) is 4.31 Å². The summed E-state index contributed by atoms with van der Waals surface area (Å²) in [5, 5.41) is 1.80. The van der Waals surface area contributed by atoms with E-state index in [0.29, 0.717) is 23.9 Å². The summed E-state index contributed by atoms with van der Waals surface area (Å²) in [7, 11) is -3.34. The average Bonchev–Trinajstić information content (AvgIpc) is 3.10. The van der Waals surface area contributed by atoms with Gasteiger partial charge in [0.05, 0.1) is 6.61 Å². The van der Waals surface area contributed by atoms with Gasteiger partial charge in [-0.15, -0.1) is 11.3 Å². The van der Waals surface area contributed by atoms with Crippen LogP contribution < -0.4 is 4.74 Å². The van der Waals surface area contributed by atoms with Crippen LogP contribution in [0.25, 0.3) is 0 Å². The SMILES string of the molecule is Cc1ccc(OCC2CCCN(S(=O)(=O)c3cccs3)C2)cc1. The highest BCUT2D eigenvalue weighted by atomic mass is 32.2. The molecule has 124 valence electrons. The Hall–Kier alpha value is -1.37. The van der Waals surface area contributed by atoms with E-state index >= 15 is 0 Å². The number of hydrogen-bond acceptors (Lipinski definition) is 4. The Kier molecular flexibility index (Phi) is 5.04. The van der Waals surface area contributed by atoms with Crippen LogP contribution in [0, 0.1) is 12.8 Å². The highest BCUT2D eigenvalue weighted by Crippen LogP contribution is 2.26. The summed E-state index contributed by atoms with van der Waals surface area (Å²) in [6.45, 7) is 3.73. The van der Waals surface area contributed by atoms with E-state index in [1.165, 1.54) is 16.9 Å². The first-order chi connectivity index (χ1) is 11.1. The van der Waals surface area contributed by atoms with Crippen LogP contribution >= 0.6 is 11.3 Å². The van der Waals surface area contributed by atoms with E-state index in [-0.39, 0.29) is 5.92 Å². The molecule has 0 aliphatic carbocycles. The topological polar surface area (TPSA) is 46.6 Å². The predicted octanol–water partition coefficient (Wildman–Crippen LogP) is 3.54. The van der Waals surface area contributed by atoms with Crippen molar-refractivity contribution in [2.45, 2.75) is 24.0 Å². The Morgan fingerprint density at radius 2 is 2.04 bits per heavy atom. The molecule has 2 heterocycles. The maximum atomic E-state index is 12.6. The van der Waals surface area contributed by atoms with Crippen LogP contribution in [-0.2, 0) is 10.0 Å². The molecule has 0 spiro atoms. The van der Waals surface area contributed by atoms with Gasteiger partial charge in [0.2, 0.25) is 0 Å². The molecule has 1 unspecified atom stereocenters. The van der Waals surface area contributed by atoms with Crippen LogP contribution in [-0.4, -0.2) is 32.4 Å². The lowest BCUT2D eigenvalue weighted by Crippen LogP contribution is -2.41. The van der Waals surface area contributed by atoms with E-state index in [1.54, 1.807) is 21.8 Å². The first-order valence-electron chi connectivity index (χ1n) is 7.79. The van der Waals surface area contributed by atoms with Gasteiger partial charge in [-0.2, -0.15) is 4.31 Å². The number of nitrogens with zero attached hydrogens (tertiary/aromatic N) is 1. The molecular weight excluding hydrogens is 330 g/mol. The molecule has 0 bridgehead atoms. The minimum absolute atomic E-state index is 0.236. The van der Waals surface area contributed by atoms with Crippen molar-refractivity contribution in [3.05, 3.63) is 47.3 Å². The van der Waals surface area contributed by atoms with Crippen LogP contribution in [0.2, 0.25) is 0 Å². The number of piperidine rings is 1. The molecule has 0 saturated carbocycles. The number of rotatable bonds is 5. The number of hydrogen-bond donors (Lipinski definition) is 0. The van der Waals surface area contributed by atoms with Crippen molar-refractivity contribution in [2.75, 3.05) is 19.7 Å². The van der Waals surface area contributed by atoms with Gasteiger partial charge in [0, 0.05) is 19.0 Å². The second kappa shape index (κ2) is 7.03. The highest BCUT2D eigenvalue weighted by molar-refractivity contribution is 7.91. The van der Waals surface area contributed by atoms with E-state index in [9.17, 15) is 8.42 Å². The third kappa shape index (κ3) is 3.94. The molecule has 0 radical (unpaired) electrons.